The van der Waals surface area contributed by atoms with Crippen LogP contribution in [0.25, 0.3) is 0 Å². The lowest BCUT2D eigenvalue weighted by molar-refractivity contribution is 0.111. The number of aldehydes is 1. The molecule has 0 aromatic heterocycles. The molecular formula is C18H19BrO5. The van der Waals surface area contributed by atoms with Gasteiger partial charge in [-0.25, -0.2) is 0 Å². The highest BCUT2D eigenvalue weighted by Crippen LogP contribution is 2.34. The second-order valence-electron chi connectivity index (χ2n) is 4.72. The van der Waals surface area contributed by atoms with Crippen LogP contribution in [0.2, 0.25) is 0 Å². The maximum Gasteiger partial charge on any atom is 0.171 e. The highest BCUT2D eigenvalue weighted by Gasteiger charge is 2.12. The van der Waals surface area contributed by atoms with Crippen LogP contribution in [0.3, 0.4) is 0 Å². The fraction of sp³-hybridized carbons (Fsp3) is 0.278. The third-order valence-corrected chi connectivity index (χ3v) is 3.59. The minimum absolute atomic E-state index is 0.263. The quantitative estimate of drug-likeness (QED) is 0.472. The molecule has 5 nitrogen and oxygen atoms in total. The van der Waals surface area contributed by atoms with E-state index >= 15 is 0 Å². The van der Waals surface area contributed by atoms with Gasteiger partial charge in [-0.15, -0.1) is 0 Å². The zero-order valence-corrected chi connectivity index (χ0v) is 15.2. The number of rotatable bonds is 9. The van der Waals surface area contributed by atoms with Crippen molar-refractivity contribution >= 4 is 22.2 Å². The van der Waals surface area contributed by atoms with Gasteiger partial charge in [-0.2, -0.15) is 0 Å². The van der Waals surface area contributed by atoms with Crippen molar-refractivity contribution in [2.45, 2.75) is 6.92 Å². The summed E-state index contributed by atoms with van der Waals surface area (Å²) in [6.45, 7) is 3.05. The molecule has 0 aliphatic heterocycles. The number of hydrogen-bond acceptors (Lipinski definition) is 5. The molecule has 0 spiro atoms. The minimum atomic E-state index is 0.263. The van der Waals surface area contributed by atoms with Gasteiger partial charge in [-0.3, -0.25) is 4.79 Å². The first-order valence-corrected chi connectivity index (χ1v) is 8.29. The van der Waals surface area contributed by atoms with Crippen molar-refractivity contribution in [2.75, 3.05) is 26.9 Å². The molecule has 0 aliphatic rings. The fourth-order valence-corrected chi connectivity index (χ4v) is 2.58. The van der Waals surface area contributed by atoms with Gasteiger partial charge >= 0.3 is 0 Å². The molecule has 2 aromatic carbocycles. The van der Waals surface area contributed by atoms with Crippen LogP contribution in [0.4, 0.5) is 0 Å². The second-order valence-corrected chi connectivity index (χ2v) is 5.64. The standard InChI is InChI=1S/C18H19BrO5/c1-3-22-15-6-4-5-7-16(15)23-8-9-24-18-13(12-20)10-14(19)11-17(18)21-2/h4-7,10-12H,3,8-9H2,1-2H3. The molecule has 2 rings (SSSR count). The molecule has 0 amide bonds. The van der Waals surface area contributed by atoms with Gasteiger partial charge < -0.3 is 18.9 Å². The molecule has 0 radical (unpaired) electrons. The Morgan fingerprint density at radius 3 is 2.29 bits per heavy atom. The number of carbonyl (C=O) groups is 1. The first-order chi connectivity index (χ1) is 11.7. The van der Waals surface area contributed by atoms with Crippen LogP contribution in [0.1, 0.15) is 17.3 Å². The summed E-state index contributed by atoms with van der Waals surface area (Å²) in [6, 6.07) is 10.9. The summed E-state index contributed by atoms with van der Waals surface area (Å²) in [4.78, 5) is 11.2. The first kappa shape index (κ1) is 18.1. The largest absolute Gasteiger partial charge is 0.493 e. The third-order valence-electron chi connectivity index (χ3n) is 3.13. The molecule has 6 heteroatoms. The molecule has 0 saturated carbocycles. The van der Waals surface area contributed by atoms with Crippen molar-refractivity contribution in [3.8, 4) is 23.0 Å². The molecule has 0 saturated heterocycles. The zero-order chi connectivity index (χ0) is 17.4. The van der Waals surface area contributed by atoms with E-state index in [-0.39, 0.29) is 6.61 Å². The molecule has 128 valence electrons. The molecular weight excluding hydrogens is 376 g/mol. The van der Waals surface area contributed by atoms with Crippen molar-refractivity contribution in [3.05, 3.63) is 46.4 Å². The molecule has 0 unspecified atom stereocenters. The van der Waals surface area contributed by atoms with Gasteiger partial charge in [0, 0.05) is 4.47 Å². The predicted molar refractivity (Wildman–Crippen MR) is 94.7 cm³/mol. The van der Waals surface area contributed by atoms with Gasteiger partial charge in [0.2, 0.25) is 0 Å². The average Bonchev–Trinajstić information content (AvgIpc) is 2.60. The number of para-hydroxylation sites is 2. The Morgan fingerprint density at radius 1 is 1.00 bits per heavy atom. The van der Waals surface area contributed by atoms with Crippen molar-refractivity contribution in [1.29, 1.82) is 0 Å². The summed E-state index contributed by atoms with van der Waals surface area (Å²) in [5, 5.41) is 0. The van der Waals surface area contributed by atoms with Gasteiger partial charge in [-0.1, -0.05) is 28.1 Å². The zero-order valence-electron chi connectivity index (χ0n) is 13.6. The van der Waals surface area contributed by atoms with Crippen LogP contribution in [-0.4, -0.2) is 33.2 Å². The maximum absolute atomic E-state index is 11.2. The first-order valence-electron chi connectivity index (χ1n) is 7.49. The van der Waals surface area contributed by atoms with Gasteiger partial charge in [0.25, 0.3) is 0 Å². The molecule has 2 aromatic rings. The van der Waals surface area contributed by atoms with Crippen LogP contribution < -0.4 is 18.9 Å². The Bertz CT molecular complexity index is 687. The Kier molecular flexibility index (Phi) is 6.93. The van der Waals surface area contributed by atoms with Crippen LogP contribution in [-0.2, 0) is 0 Å². The molecule has 0 fully saturated rings. The Morgan fingerprint density at radius 2 is 1.67 bits per heavy atom. The number of carbonyl (C=O) groups excluding carboxylic acids is 1. The summed E-state index contributed by atoms with van der Waals surface area (Å²) < 4.78 is 22.9. The summed E-state index contributed by atoms with van der Waals surface area (Å²) >= 11 is 3.33. The van der Waals surface area contributed by atoms with Gasteiger partial charge in [0.1, 0.15) is 13.2 Å². The van der Waals surface area contributed by atoms with E-state index in [4.69, 9.17) is 18.9 Å². The van der Waals surface area contributed by atoms with Crippen LogP contribution >= 0.6 is 15.9 Å². The van der Waals surface area contributed by atoms with E-state index in [1.807, 2.05) is 31.2 Å². The highest BCUT2D eigenvalue weighted by molar-refractivity contribution is 9.10. The Labute approximate surface area is 149 Å². The number of halogens is 1. The van der Waals surface area contributed by atoms with E-state index in [9.17, 15) is 4.79 Å². The lowest BCUT2D eigenvalue weighted by atomic mass is 10.2. The second kappa shape index (κ2) is 9.17. The normalized spacial score (nSPS) is 10.1. The van der Waals surface area contributed by atoms with Crippen molar-refractivity contribution < 1.29 is 23.7 Å². The Hall–Kier alpha value is -2.21. The average molecular weight is 395 g/mol. The van der Waals surface area contributed by atoms with E-state index in [2.05, 4.69) is 15.9 Å². The molecule has 0 N–H and O–H groups in total. The molecule has 24 heavy (non-hydrogen) atoms. The van der Waals surface area contributed by atoms with Crippen molar-refractivity contribution in [3.63, 3.8) is 0 Å². The van der Waals surface area contributed by atoms with Gasteiger partial charge in [-0.05, 0) is 31.2 Å². The van der Waals surface area contributed by atoms with E-state index in [1.165, 1.54) is 7.11 Å². The lowest BCUT2D eigenvalue weighted by Gasteiger charge is -2.15. The number of hydrogen-bond donors (Lipinski definition) is 0. The smallest absolute Gasteiger partial charge is 0.171 e. The summed E-state index contributed by atoms with van der Waals surface area (Å²) in [5.41, 5.74) is 0.413. The molecule has 0 aliphatic carbocycles. The minimum Gasteiger partial charge on any atom is -0.493 e. The van der Waals surface area contributed by atoms with Crippen LogP contribution in [0.5, 0.6) is 23.0 Å². The number of benzene rings is 2. The highest BCUT2D eigenvalue weighted by atomic mass is 79.9. The topological polar surface area (TPSA) is 54.0 Å². The monoisotopic (exact) mass is 394 g/mol. The third kappa shape index (κ3) is 4.64. The van der Waals surface area contributed by atoms with E-state index in [0.717, 1.165) is 10.8 Å². The SMILES string of the molecule is CCOc1ccccc1OCCOc1c(C=O)cc(Br)cc1OC. The molecule has 0 bridgehead atoms. The Balaban J connectivity index is 1.99. The van der Waals surface area contributed by atoms with E-state index in [0.29, 0.717) is 41.8 Å². The van der Waals surface area contributed by atoms with Crippen LogP contribution in [0, 0.1) is 0 Å². The van der Waals surface area contributed by atoms with Crippen LogP contribution in [0.15, 0.2) is 40.9 Å². The number of ether oxygens (including phenoxy) is 4. The lowest BCUT2D eigenvalue weighted by Crippen LogP contribution is -2.11. The summed E-state index contributed by atoms with van der Waals surface area (Å²) in [5.74, 6) is 2.23. The summed E-state index contributed by atoms with van der Waals surface area (Å²) in [6.07, 6.45) is 0.730. The number of methoxy groups -OCH3 is 1. The van der Waals surface area contributed by atoms with Gasteiger partial charge in [0.05, 0.1) is 19.3 Å². The molecule has 0 heterocycles. The summed E-state index contributed by atoms with van der Waals surface area (Å²) in [7, 11) is 1.53. The molecule has 0 atom stereocenters. The maximum atomic E-state index is 11.2. The van der Waals surface area contributed by atoms with E-state index in [1.54, 1.807) is 12.1 Å². The predicted octanol–water partition coefficient (Wildman–Crippen LogP) is 4.13. The van der Waals surface area contributed by atoms with E-state index < -0.39 is 0 Å². The van der Waals surface area contributed by atoms with Gasteiger partial charge in [0.15, 0.2) is 29.3 Å². The van der Waals surface area contributed by atoms with Crippen molar-refractivity contribution in [1.82, 2.24) is 0 Å². The van der Waals surface area contributed by atoms with Crippen molar-refractivity contribution in [2.24, 2.45) is 0 Å². The fourth-order valence-electron chi connectivity index (χ4n) is 2.12.